The van der Waals surface area contributed by atoms with Crippen LogP contribution in [0.5, 0.6) is 0 Å². The number of hydrogen-bond acceptors (Lipinski definition) is 6. The first-order chi connectivity index (χ1) is 15.8. The molecular weight excluding hydrogens is 422 g/mol. The van der Waals surface area contributed by atoms with Gasteiger partial charge in [0, 0.05) is 32.3 Å². The van der Waals surface area contributed by atoms with Crippen molar-refractivity contribution in [2.24, 2.45) is 11.8 Å². The summed E-state index contributed by atoms with van der Waals surface area (Å²) in [7, 11) is 1.67. The molecule has 0 radical (unpaired) electrons. The van der Waals surface area contributed by atoms with E-state index in [1.165, 1.54) is 0 Å². The molecule has 2 fully saturated rings. The topological polar surface area (TPSA) is 97.0 Å². The molecule has 2 N–H and O–H groups in total. The van der Waals surface area contributed by atoms with Gasteiger partial charge in [-0.05, 0) is 57.2 Å². The summed E-state index contributed by atoms with van der Waals surface area (Å²) in [6.45, 7) is 5.81. The van der Waals surface area contributed by atoms with E-state index in [1.54, 1.807) is 18.9 Å². The first kappa shape index (κ1) is 25.2. The number of nitrogens with one attached hydrogen (secondary N) is 2. The predicted molar refractivity (Wildman–Crippen MR) is 126 cm³/mol. The molecule has 2 amide bonds. The van der Waals surface area contributed by atoms with E-state index in [4.69, 9.17) is 9.47 Å². The normalized spacial score (nSPS) is 27.1. The maximum absolute atomic E-state index is 12.7. The van der Waals surface area contributed by atoms with E-state index in [-0.39, 0.29) is 24.5 Å². The van der Waals surface area contributed by atoms with Crippen LogP contribution in [-0.4, -0.2) is 67.7 Å². The zero-order valence-corrected chi connectivity index (χ0v) is 20.0. The third-order valence-corrected chi connectivity index (χ3v) is 6.90. The Morgan fingerprint density at radius 3 is 2.55 bits per heavy atom. The van der Waals surface area contributed by atoms with Crippen molar-refractivity contribution in [2.45, 2.75) is 57.6 Å². The van der Waals surface area contributed by atoms with Gasteiger partial charge in [0.15, 0.2) is 0 Å². The highest BCUT2D eigenvalue weighted by atomic mass is 16.5. The Morgan fingerprint density at radius 2 is 1.88 bits per heavy atom. The summed E-state index contributed by atoms with van der Waals surface area (Å²) < 4.78 is 11.2. The van der Waals surface area contributed by atoms with Gasteiger partial charge in [0.25, 0.3) is 0 Å². The van der Waals surface area contributed by atoms with Gasteiger partial charge in [0.05, 0.1) is 11.6 Å². The van der Waals surface area contributed by atoms with Crippen molar-refractivity contribution < 1.29 is 23.9 Å². The molecule has 1 spiro atoms. The van der Waals surface area contributed by atoms with Crippen LogP contribution >= 0.6 is 0 Å². The number of nitrogens with zero attached hydrogens (tertiary/aromatic N) is 1. The molecular formula is C25H37N3O5. The smallest absolute Gasteiger partial charge is 0.321 e. The minimum absolute atomic E-state index is 0.0193. The summed E-state index contributed by atoms with van der Waals surface area (Å²) in [5.74, 6) is -1.04. The Morgan fingerprint density at radius 1 is 1.18 bits per heavy atom. The van der Waals surface area contributed by atoms with Crippen LogP contribution in [0.25, 0.3) is 0 Å². The third-order valence-electron chi connectivity index (χ3n) is 6.90. The van der Waals surface area contributed by atoms with E-state index in [2.05, 4.69) is 17.6 Å². The largest absolute Gasteiger partial charge is 0.463 e. The summed E-state index contributed by atoms with van der Waals surface area (Å²) in [5.41, 5.74) is 0.337. The molecule has 1 aromatic carbocycles. The number of carbonyl (C=O) groups is 3. The minimum atomic E-state index is -0.783. The van der Waals surface area contributed by atoms with Crippen LogP contribution in [0.4, 0.5) is 10.5 Å². The molecule has 8 heteroatoms. The Labute approximate surface area is 196 Å². The van der Waals surface area contributed by atoms with E-state index in [0.29, 0.717) is 44.7 Å². The molecule has 2 aliphatic heterocycles. The van der Waals surface area contributed by atoms with Crippen molar-refractivity contribution in [1.29, 1.82) is 0 Å². The summed E-state index contributed by atoms with van der Waals surface area (Å²) in [6.07, 6.45) is 3.05. The molecule has 0 bridgehead atoms. The number of methoxy groups -OCH3 is 1. The van der Waals surface area contributed by atoms with Gasteiger partial charge in [0.1, 0.15) is 18.3 Å². The number of anilines is 1. The number of Topliss-reactive ketones (excluding diaryl/α,β-unsaturated/α-hetero) is 1. The van der Waals surface area contributed by atoms with Crippen LogP contribution in [0.2, 0.25) is 0 Å². The Bertz CT molecular complexity index is 808. The first-order valence-electron chi connectivity index (χ1n) is 11.9. The average Bonchev–Trinajstić information content (AvgIpc) is 2.84. The van der Waals surface area contributed by atoms with Crippen LogP contribution in [0.1, 0.15) is 46.0 Å². The van der Waals surface area contributed by atoms with Gasteiger partial charge in [-0.2, -0.15) is 0 Å². The van der Waals surface area contributed by atoms with E-state index < -0.39 is 17.4 Å². The Balaban J connectivity index is 1.66. The van der Waals surface area contributed by atoms with E-state index in [9.17, 15) is 14.4 Å². The number of ether oxygens (including phenoxy) is 2. The first-order valence-corrected chi connectivity index (χ1v) is 11.9. The van der Waals surface area contributed by atoms with Crippen LogP contribution in [0.15, 0.2) is 30.3 Å². The Kier molecular flexibility index (Phi) is 8.86. The number of ketones is 1. The van der Waals surface area contributed by atoms with Gasteiger partial charge in [-0.15, -0.1) is 0 Å². The maximum Gasteiger partial charge on any atom is 0.321 e. The fourth-order valence-electron chi connectivity index (χ4n) is 4.47. The summed E-state index contributed by atoms with van der Waals surface area (Å²) in [4.78, 5) is 39.5. The number of likely N-dealkylation sites (tertiary alicyclic amines) is 1. The number of hydrogen-bond donors (Lipinski definition) is 2. The number of urea groups is 1. The molecule has 2 aliphatic rings. The van der Waals surface area contributed by atoms with Crippen LogP contribution in [-0.2, 0) is 19.1 Å². The number of carbonyl (C=O) groups excluding carboxylic acids is 3. The summed E-state index contributed by atoms with van der Waals surface area (Å²) in [6, 6.07) is 9.25. The molecule has 0 aromatic heterocycles. The number of benzene rings is 1. The van der Waals surface area contributed by atoms with Gasteiger partial charge >= 0.3 is 12.0 Å². The SMILES string of the molecule is COC1CCC(=O)C(C)C(=O)OCC2(CCN(C(=O)Nc3ccccc3)CC2)NC[C@H](C)C1. The zero-order valence-electron chi connectivity index (χ0n) is 20.0. The molecule has 0 aliphatic carbocycles. The molecule has 1 aromatic rings. The second-order valence-corrected chi connectivity index (χ2v) is 9.48. The maximum atomic E-state index is 12.7. The van der Waals surface area contributed by atoms with Gasteiger partial charge in [-0.3, -0.25) is 9.59 Å². The third kappa shape index (κ3) is 7.01. The number of para-hydroxylation sites is 1. The lowest BCUT2D eigenvalue weighted by atomic mass is 9.87. The lowest BCUT2D eigenvalue weighted by Gasteiger charge is -2.42. The fourth-order valence-corrected chi connectivity index (χ4v) is 4.47. The molecule has 3 rings (SSSR count). The lowest BCUT2D eigenvalue weighted by Crippen LogP contribution is -2.58. The zero-order chi connectivity index (χ0) is 23.8. The van der Waals surface area contributed by atoms with Gasteiger partial charge < -0.3 is 25.0 Å². The number of piperidine rings is 1. The van der Waals surface area contributed by atoms with Crippen LogP contribution in [0, 0.1) is 11.8 Å². The average molecular weight is 460 g/mol. The summed E-state index contributed by atoms with van der Waals surface area (Å²) in [5, 5.41) is 6.58. The fraction of sp³-hybridized carbons (Fsp3) is 0.640. The lowest BCUT2D eigenvalue weighted by molar-refractivity contribution is -0.154. The van der Waals surface area contributed by atoms with Gasteiger partial charge in [-0.1, -0.05) is 25.1 Å². The van der Waals surface area contributed by atoms with Crippen molar-refractivity contribution in [2.75, 3.05) is 38.7 Å². The van der Waals surface area contributed by atoms with E-state index in [1.807, 2.05) is 30.3 Å². The van der Waals surface area contributed by atoms with Crippen molar-refractivity contribution in [3.05, 3.63) is 30.3 Å². The van der Waals surface area contributed by atoms with Gasteiger partial charge in [0.2, 0.25) is 0 Å². The minimum Gasteiger partial charge on any atom is -0.463 e. The number of amides is 2. The molecule has 3 atom stereocenters. The number of cyclic esters (lactones) is 1. The second-order valence-electron chi connectivity index (χ2n) is 9.48. The number of esters is 1. The number of rotatable bonds is 2. The monoisotopic (exact) mass is 459 g/mol. The highest BCUT2D eigenvalue weighted by molar-refractivity contribution is 5.98. The molecule has 33 heavy (non-hydrogen) atoms. The van der Waals surface area contributed by atoms with Crippen molar-refractivity contribution in [3.8, 4) is 0 Å². The van der Waals surface area contributed by atoms with Crippen molar-refractivity contribution in [3.63, 3.8) is 0 Å². The van der Waals surface area contributed by atoms with E-state index >= 15 is 0 Å². The molecule has 2 heterocycles. The Hall–Kier alpha value is -2.45. The molecule has 2 unspecified atom stereocenters. The van der Waals surface area contributed by atoms with Crippen molar-refractivity contribution >= 4 is 23.5 Å². The van der Waals surface area contributed by atoms with E-state index in [0.717, 1.165) is 18.7 Å². The van der Waals surface area contributed by atoms with Crippen LogP contribution in [0.3, 0.4) is 0 Å². The highest BCUT2D eigenvalue weighted by Gasteiger charge is 2.38. The molecule has 8 nitrogen and oxygen atoms in total. The van der Waals surface area contributed by atoms with Crippen molar-refractivity contribution in [1.82, 2.24) is 10.2 Å². The van der Waals surface area contributed by atoms with Crippen LogP contribution < -0.4 is 10.6 Å². The predicted octanol–water partition coefficient (Wildman–Crippen LogP) is 3.23. The standard InChI is InChI=1S/C25H37N3O5/c1-18-15-21(32-3)9-10-22(29)19(2)23(30)33-17-25(26-16-18)11-13-28(14-12-25)24(31)27-20-7-5-4-6-8-20/h4-8,18-19,21,26H,9-17H2,1-3H3,(H,27,31)/t18-,19?,21?/m1/s1. The molecule has 182 valence electrons. The molecule has 2 saturated heterocycles. The summed E-state index contributed by atoms with van der Waals surface area (Å²) >= 11 is 0. The molecule has 0 saturated carbocycles. The highest BCUT2D eigenvalue weighted by Crippen LogP contribution is 2.26. The quantitative estimate of drug-likeness (QED) is 0.521. The second kappa shape index (κ2) is 11.6. The van der Waals surface area contributed by atoms with Gasteiger partial charge in [-0.25, -0.2) is 4.79 Å².